The molecular weight excluding hydrogens is 550 g/mol. The van der Waals surface area contributed by atoms with Crippen LogP contribution in [0.15, 0.2) is 77.7 Å². The van der Waals surface area contributed by atoms with Crippen molar-refractivity contribution in [3.8, 4) is 5.75 Å². The van der Waals surface area contributed by atoms with Crippen molar-refractivity contribution in [3.63, 3.8) is 0 Å². The van der Waals surface area contributed by atoms with Crippen molar-refractivity contribution >= 4 is 39.1 Å². The Morgan fingerprint density at radius 2 is 1.70 bits per heavy atom. The van der Waals surface area contributed by atoms with Crippen molar-refractivity contribution in [1.82, 2.24) is 10.2 Å². The number of amides is 2. The third-order valence-electron chi connectivity index (χ3n) is 6.36. The highest BCUT2D eigenvalue weighted by atomic mass is 35.5. The molecule has 1 atom stereocenters. The number of anilines is 1. The fourth-order valence-corrected chi connectivity index (χ4v) is 5.85. The number of nitrogens with one attached hydrogen (secondary N) is 1. The van der Waals surface area contributed by atoms with Crippen molar-refractivity contribution in [2.45, 2.75) is 57.6 Å². The van der Waals surface area contributed by atoms with Gasteiger partial charge in [-0.3, -0.25) is 13.9 Å². The van der Waals surface area contributed by atoms with Crippen LogP contribution in [0.2, 0.25) is 5.02 Å². The van der Waals surface area contributed by atoms with Gasteiger partial charge in [-0.1, -0.05) is 54.9 Å². The summed E-state index contributed by atoms with van der Waals surface area (Å²) < 4.78 is 34.1. The zero-order chi connectivity index (χ0) is 29.4. The van der Waals surface area contributed by atoms with E-state index in [1.54, 1.807) is 55.6 Å². The highest BCUT2D eigenvalue weighted by Crippen LogP contribution is 2.29. The van der Waals surface area contributed by atoms with Crippen molar-refractivity contribution in [2.75, 3.05) is 18.0 Å². The van der Waals surface area contributed by atoms with E-state index < -0.39 is 28.5 Å². The summed E-state index contributed by atoms with van der Waals surface area (Å²) in [5.41, 5.74) is 1.75. The maximum absolute atomic E-state index is 14.1. The average Bonchev–Trinajstić information content (AvgIpc) is 2.93. The van der Waals surface area contributed by atoms with E-state index in [4.69, 9.17) is 16.3 Å². The van der Waals surface area contributed by atoms with Crippen LogP contribution in [-0.4, -0.2) is 50.9 Å². The second-order valence-corrected chi connectivity index (χ2v) is 12.0. The van der Waals surface area contributed by atoms with E-state index in [1.807, 2.05) is 33.8 Å². The third-order valence-corrected chi connectivity index (χ3v) is 8.55. The van der Waals surface area contributed by atoms with Crippen LogP contribution in [0.1, 0.15) is 38.3 Å². The second-order valence-electron chi connectivity index (χ2n) is 9.72. The van der Waals surface area contributed by atoms with Crippen molar-refractivity contribution in [2.24, 2.45) is 0 Å². The number of benzene rings is 3. The molecule has 1 N–H and O–H groups in total. The van der Waals surface area contributed by atoms with Gasteiger partial charge in [-0.25, -0.2) is 8.42 Å². The van der Waals surface area contributed by atoms with Crippen molar-refractivity contribution in [3.05, 3.63) is 88.9 Å². The standard InChI is InChI=1S/C30H36ClN3O5S/c1-6-28(30(36)32-21(2)3)33(19-23-11-10-12-25(17-23)39-5)29(35)20-34(24-16-15-22(4)27(31)18-24)40(37,38)26-13-8-7-9-14-26/h7-18,21,28H,6,19-20H2,1-5H3,(H,32,36)/t28-/m1/s1. The molecule has 0 heterocycles. The topological polar surface area (TPSA) is 96.0 Å². The molecule has 3 aromatic rings. The van der Waals surface area contributed by atoms with Gasteiger partial charge in [0.1, 0.15) is 18.3 Å². The first-order valence-corrected chi connectivity index (χ1v) is 14.9. The van der Waals surface area contributed by atoms with Gasteiger partial charge in [0.25, 0.3) is 10.0 Å². The lowest BCUT2D eigenvalue weighted by Gasteiger charge is -2.33. The predicted octanol–water partition coefficient (Wildman–Crippen LogP) is 5.18. The van der Waals surface area contributed by atoms with E-state index in [-0.39, 0.29) is 29.1 Å². The number of hydrogen-bond acceptors (Lipinski definition) is 5. The first-order valence-electron chi connectivity index (χ1n) is 13.0. The lowest BCUT2D eigenvalue weighted by Crippen LogP contribution is -2.53. The largest absolute Gasteiger partial charge is 0.497 e. The lowest BCUT2D eigenvalue weighted by molar-refractivity contribution is -0.140. The highest BCUT2D eigenvalue weighted by molar-refractivity contribution is 7.92. The molecule has 0 aliphatic carbocycles. The molecule has 0 aromatic heterocycles. The van der Waals surface area contributed by atoms with E-state index in [2.05, 4.69) is 5.32 Å². The Balaban J connectivity index is 2.08. The molecule has 2 amide bonds. The van der Waals surface area contributed by atoms with Crippen molar-refractivity contribution < 1.29 is 22.7 Å². The third kappa shape index (κ3) is 7.55. The summed E-state index contributed by atoms with van der Waals surface area (Å²) >= 11 is 6.37. The zero-order valence-electron chi connectivity index (χ0n) is 23.4. The Labute approximate surface area is 241 Å². The summed E-state index contributed by atoms with van der Waals surface area (Å²) in [6.45, 7) is 6.85. The maximum Gasteiger partial charge on any atom is 0.264 e. The molecule has 0 saturated heterocycles. The van der Waals surface area contributed by atoms with Crippen LogP contribution >= 0.6 is 11.6 Å². The molecule has 0 aliphatic heterocycles. The summed E-state index contributed by atoms with van der Waals surface area (Å²) in [5, 5.41) is 3.26. The Bertz CT molecular complexity index is 1430. The minimum absolute atomic E-state index is 0.0310. The first-order chi connectivity index (χ1) is 19.0. The number of methoxy groups -OCH3 is 1. The van der Waals surface area contributed by atoms with Gasteiger partial charge in [0.15, 0.2) is 0 Å². The van der Waals surface area contributed by atoms with Crippen LogP contribution in [0.5, 0.6) is 5.75 Å². The number of carbonyl (C=O) groups excluding carboxylic acids is 2. The molecule has 3 rings (SSSR count). The molecule has 0 bridgehead atoms. The molecule has 0 spiro atoms. The minimum Gasteiger partial charge on any atom is -0.497 e. The Morgan fingerprint density at radius 1 is 1.00 bits per heavy atom. The molecule has 0 unspecified atom stereocenters. The van der Waals surface area contributed by atoms with Crippen LogP contribution in [0.25, 0.3) is 0 Å². The molecule has 8 nitrogen and oxygen atoms in total. The fourth-order valence-electron chi connectivity index (χ4n) is 4.25. The summed E-state index contributed by atoms with van der Waals surface area (Å²) in [4.78, 5) is 28.8. The number of ether oxygens (including phenoxy) is 1. The number of nitrogens with zero attached hydrogens (tertiary/aromatic N) is 2. The molecule has 40 heavy (non-hydrogen) atoms. The SMILES string of the molecule is CC[C@H](C(=O)NC(C)C)N(Cc1cccc(OC)c1)C(=O)CN(c1ccc(C)c(Cl)c1)S(=O)(=O)c1ccccc1. The highest BCUT2D eigenvalue weighted by Gasteiger charge is 2.34. The number of hydrogen-bond donors (Lipinski definition) is 1. The maximum atomic E-state index is 14.1. The quantitative estimate of drug-likeness (QED) is 0.316. The molecule has 0 saturated carbocycles. The number of aryl methyl sites for hydroxylation is 1. The van der Waals surface area contributed by atoms with Gasteiger partial charge in [-0.05, 0) is 74.7 Å². The van der Waals surface area contributed by atoms with E-state index >= 15 is 0 Å². The predicted molar refractivity (Wildman–Crippen MR) is 158 cm³/mol. The number of carbonyl (C=O) groups is 2. The summed E-state index contributed by atoms with van der Waals surface area (Å²) in [6, 6.07) is 19.0. The number of sulfonamides is 1. The molecular formula is C30H36ClN3O5S. The Hall–Kier alpha value is -3.56. The molecule has 3 aromatic carbocycles. The van der Waals surface area contributed by atoms with E-state index in [1.165, 1.54) is 23.1 Å². The van der Waals surface area contributed by atoms with E-state index in [9.17, 15) is 18.0 Å². The first kappa shape index (κ1) is 31.0. The molecule has 0 radical (unpaired) electrons. The van der Waals surface area contributed by atoms with Crippen LogP contribution in [0.4, 0.5) is 5.69 Å². The molecule has 0 aliphatic rings. The van der Waals surface area contributed by atoms with Crippen molar-refractivity contribution in [1.29, 1.82) is 0 Å². The minimum atomic E-state index is -4.16. The van der Waals surface area contributed by atoms with Crippen LogP contribution in [0, 0.1) is 6.92 Å². The van der Waals surface area contributed by atoms with Gasteiger partial charge in [-0.2, -0.15) is 0 Å². The van der Waals surface area contributed by atoms with Crippen LogP contribution in [0.3, 0.4) is 0 Å². The van der Waals surface area contributed by atoms with Crippen LogP contribution < -0.4 is 14.4 Å². The van der Waals surface area contributed by atoms with E-state index in [0.29, 0.717) is 17.2 Å². The number of halogens is 1. The van der Waals surface area contributed by atoms with Crippen LogP contribution in [-0.2, 0) is 26.2 Å². The average molecular weight is 586 g/mol. The Morgan fingerprint density at radius 3 is 2.30 bits per heavy atom. The Kier molecular flexibility index (Phi) is 10.6. The monoisotopic (exact) mass is 585 g/mol. The summed E-state index contributed by atoms with van der Waals surface area (Å²) in [5.74, 6) is -0.249. The second kappa shape index (κ2) is 13.7. The zero-order valence-corrected chi connectivity index (χ0v) is 25.0. The van der Waals surface area contributed by atoms with Gasteiger partial charge >= 0.3 is 0 Å². The molecule has 214 valence electrons. The number of rotatable bonds is 12. The normalized spacial score (nSPS) is 12.1. The summed E-state index contributed by atoms with van der Waals surface area (Å²) in [7, 11) is -2.61. The van der Waals surface area contributed by atoms with Gasteiger partial charge < -0.3 is 15.0 Å². The van der Waals surface area contributed by atoms with Gasteiger partial charge in [0.05, 0.1) is 17.7 Å². The smallest absolute Gasteiger partial charge is 0.264 e. The van der Waals surface area contributed by atoms with Gasteiger partial charge in [0.2, 0.25) is 11.8 Å². The van der Waals surface area contributed by atoms with Gasteiger partial charge in [-0.15, -0.1) is 0 Å². The fraction of sp³-hybridized carbons (Fsp3) is 0.333. The van der Waals surface area contributed by atoms with Gasteiger partial charge in [0, 0.05) is 17.6 Å². The molecule has 0 fully saturated rings. The molecule has 10 heteroatoms. The summed E-state index contributed by atoms with van der Waals surface area (Å²) in [6.07, 6.45) is 0.329. The van der Waals surface area contributed by atoms with E-state index in [0.717, 1.165) is 15.4 Å². The lowest BCUT2D eigenvalue weighted by atomic mass is 10.1.